The van der Waals surface area contributed by atoms with E-state index in [1.165, 1.54) is 73.9 Å². The average molecular weight is 340 g/mol. The van der Waals surface area contributed by atoms with E-state index in [4.69, 9.17) is 14.9 Å². The van der Waals surface area contributed by atoms with Gasteiger partial charge in [0.05, 0.1) is 12.2 Å². The number of aryl methyl sites for hydroxylation is 2. The first kappa shape index (κ1) is 18.4. The second kappa shape index (κ2) is 9.35. The predicted octanol–water partition coefficient (Wildman–Crippen LogP) is 2.91. The summed E-state index contributed by atoms with van der Waals surface area (Å²) in [4.78, 5) is 19.8. The fourth-order valence-electron chi connectivity index (χ4n) is 3.58. The van der Waals surface area contributed by atoms with E-state index in [-0.39, 0.29) is 6.47 Å². The van der Waals surface area contributed by atoms with Crippen molar-refractivity contribution in [1.29, 1.82) is 0 Å². The Bertz CT molecular complexity index is 467. The number of hydrogen-bond donors (Lipinski definition) is 1. The van der Waals surface area contributed by atoms with Crippen LogP contribution in [0.4, 0.5) is 0 Å². The summed E-state index contributed by atoms with van der Waals surface area (Å²) in [7, 11) is 0. The fourth-order valence-corrected chi connectivity index (χ4v) is 4.56. The number of thiazole rings is 1. The molecule has 0 spiro atoms. The Morgan fingerprint density at radius 3 is 2.48 bits per heavy atom. The van der Waals surface area contributed by atoms with Gasteiger partial charge in [0.15, 0.2) is 0 Å². The molecule has 0 atom stereocenters. The number of aromatic nitrogens is 1. The maximum atomic E-state index is 8.36. The first-order valence-electron chi connectivity index (χ1n) is 8.61. The standard InChI is InChI=1S/C16H27N3S.CH2O2/c1-13-14(2)20-16(17-13)12-18-8-5-9-19(11-10-18)15-6-3-4-7-15;2-1-3/h15H,3-12H2,1-2H3;1H,(H,2,3). The third-order valence-corrected chi connectivity index (χ3v) is 5.95. The van der Waals surface area contributed by atoms with Gasteiger partial charge in [0.25, 0.3) is 6.47 Å². The molecule has 3 rings (SSSR count). The highest BCUT2D eigenvalue weighted by Crippen LogP contribution is 2.25. The highest BCUT2D eigenvalue weighted by atomic mass is 32.1. The highest BCUT2D eigenvalue weighted by Gasteiger charge is 2.24. The van der Waals surface area contributed by atoms with Crippen LogP contribution in [-0.2, 0) is 11.3 Å². The van der Waals surface area contributed by atoms with Gasteiger partial charge in [-0.3, -0.25) is 14.6 Å². The molecule has 0 aromatic carbocycles. The SMILES string of the molecule is Cc1nc(CN2CCCN(C3CCCC3)CC2)sc1C.O=CO. The maximum Gasteiger partial charge on any atom is 0.290 e. The lowest BCUT2D eigenvalue weighted by molar-refractivity contribution is -0.122. The number of nitrogens with zero attached hydrogens (tertiary/aromatic N) is 3. The van der Waals surface area contributed by atoms with Gasteiger partial charge in [-0.05, 0) is 46.2 Å². The molecular formula is C17H29N3O2S. The number of hydrogen-bond acceptors (Lipinski definition) is 5. The molecule has 5 nitrogen and oxygen atoms in total. The van der Waals surface area contributed by atoms with Crippen molar-refractivity contribution in [3.8, 4) is 0 Å². The molecule has 6 heteroatoms. The molecule has 1 aliphatic heterocycles. The van der Waals surface area contributed by atoms with Gasteiger partial charge in [-0.2, -0.15) is 0 Å². The van der Waals surface area contributed by atoms with Crippen molar-refractivity contribution in [2.24, 2.45) is 0 Å². The third kappa shape index (κ3) is 5.55. The van der Waals surface area contributed by atoms with Crippen molar-refractivity contribution in [2.75, 3.05) is 26.2 Å². The van der Waals surface area contributed by atoms with Gasteiger partial charge >= 0.3 is 0 Å². The van der Waals surface area contributed by atoms with Crippen LogP contribution in [0.1, 0.15) is 47.7 Å². The van der Waals surface area contributed by atoms with Crippen LogP contribution in [0.3, 0.4) is 0 Å². The van der Waals surface area contributed by atoms with Crippen molar-refractivity contribution in [2.45, 2.75) is 58.5 Å². The minimum Gasteiger partial charge on any atom is -0.483 e. The highest BCUT2D eigenvalue weighted by molar-refractivity contribution is 7.11. The summed E-state index contributed by atoms with van der Waals surface area (Å²) >= 11 is 1.87. The Hall–Kier alpha value is -0.980. The number of carbonyl (C=O) groups is 1. The first-order chi connectivity index (χ1) is 11.1. The van der Waals surface area contributed by atoms with Gasteiger partial charge in [-0.15, -0.1) is 11.3 Å². The molecule has 23 heavy (non-hydrogen) atoms. The molecule has 2 aliphatic rings. The van der Waals surface area contributed by atoms with Crippen LogP contribution < -0.4 is 0 Å². The summed E-state index contributed by atoms with van der Waals surface area (Å²) in [5.74, 6) is 0. The minimum absolute atomic E-state index is 0.250. The van der Waals surface area contributed by atoms with Crippen molar-refractivity contribution in [3.63, 3.8) is 0 Å². The molecule has 0 bridgehead atoms. The summed E-state index contributed by atoms with van der Waals surface area (Å²) < 4.78 is 0. The predicted molar refractivity (Wildman–Crippen MR) is 94.0 cm³/mol. The topological polar surface area (TPSA) is 56.7 Å². The Labute approximate surface area is 143 Å². The van der Waals surface area contributed by atoms with E-state index in [9.17, 15) is 0 Å². The Morgan fingerprint density at radius 2 is 1.87 bits per heavy atom. The van der Waals surface area contributed by atoms with Gasteiger partial charge in [0.2, 0.25) is 0 Å². The van der Waals surface area contributed by atoms with Crippen LogP contribution >= 0.6 is 11.3 Å². The van der Waals surface area contributed by atoms with Crippen molar-refractivity contribution in [1.82, 2.24) is 14.8 Å². The molecule has 0 unspecified atom stereocenters. The van der Waals surface area contributed by atoms with Crippen LogP contribution in [0, 0.1) is 13.8 Å². The van der Waals surface area contributed by atoms with Crippen molar-refractivity contribution >= 4 is 17.8 Å². The molecule has 2 heterocycles. The lowest BCUT2D eigenvalue weighted by Crippen LogP contribution is -2.36. The molecule has 1 saturated heterocycles. The van der Waals surface area contributed by atoms with Gasteiger partial charge in [0, 0.05) is 24.0 Å². The first-order valence-corrected chi connectivity index (χ1v) is 9.43. The summed E-state index contributed by atoms with van der Waals surface area (Å²) in [6, 6.07) is 0.888. The lowest BCUT2D eigenvalue weighted by atomic mass is 10.2. The van der Waals surface area contributed by atoms with Crippen LogP contribution in [0.2, 0.25) is 0 Å². The van der Waals surface area contributed by atoms with E-state index < -0.39 is 0 Å². The molecule has 1 aromatic heterocycles. The average Bonchev–Trinajstić information content (AvgIpc) is 3.08. The Morgan fingerprint density at radius 1 is 1.17 bits per heavy atom. The maximum absolute atomic E-state index is 8.36. The van der Waals surface area contributed by atoms with Gasteiger partial charge in [-0.1, -0.05) is 12.8 Å². The minimum atomic E-state index is -0.250. The molecule has 1 N–H and O–H groups in total. The van der Waals surface area contributed by atoms with Crippen molar-refractivity contribution < 1.29 is 9.90 Å². The van der Waals surface area contributed by atoms with Gasteiger partial charge in [-0.25, -0.2) is 4.98 Å². The Kier molecular flexibility index (Phi) is 7.46. The number of rotatable bonds is 3. The lowest BCUT2D eigenvalue weighted by Gasteiger charge is -2.27. The third-order valence-electron chi connectivity index (χ3n) is 4.90. The van der Waals surface area contributed by atoms with Crippen molar-refractivity contribution in [3.05, 3.63) is 15.6 Å². The zero-order valence-corrected chi connectivity index (χ0v) is 15.1. The molecule has 130 valence electrons. The van der Waals surface area contributed by atoms with Gasteiger partial charge in [0.1, 0.15) is 5.01 Å². The molecule has 2 fully saturated rings. The van der Waals surface area contributed by atoms with Crippen LogP contribution in [-0.4, -0.2) is 58.6 Å². The summed E-state index contributed by atoms with van der Waals surface area (Å²) in [5.41, 5.74) is 1.22. The second-order valence-corrected chi connectivity index (χ2v) is 7.75. The van der Waals surface area contributed by atoms with Gasteiger partial charge < -0.3 is 5.11 Å². The smallest absolute Gasteiger partial charge is 0.290 e. The Balaban J connectivity index is 0.000000595. The molecule has 0 amide bonds. The molecule has 0 radical (unpaired) electrons. The van der Waals surface area contributed by atoms with E-state index in [0.717, 1.165) is 12.6 Å². The fraction of sp³-hybridized carbons (Fsp3) is 0.765. The summed E-state index contributed by atoms with van der Waals surface area (Å²) in [5, 5.41) is 8.19. The van der Waals surface area contributed by atoms with E-state index in [1.54, 1.807) is 0 Å². The normalized spacial score (nSPS) is 20.8. The van der Waals surface area contributed by atoms with Crippen LogP contribution in [0.5, 0.6) is 0 Å². The van der Waals surface area contributed by atoms with E-state index in [1.807, 2.05) is 11.3 Å². The van der Waals surface area contributed by atoms with E-state index in [2.05, 4.69) is 23.6 Å². The second-order valence-electron chi connectivity index (χ2n) is 6.46. The summed E-state index contributed by atoms with van der Waals surface area (Å²) in [6.45, 7) is 10.1. The van der Waals surface area contributed by atoms with E-state index in [0.29, 0.717) is 0 Å². The quantitative estimate of drug-likeness (QED) is 0.858. The monoisotopic (exact) mass is 339 g/mol. The molecular weight excluding hydrogens is 310 g/mol. The zero-order valence-electron chi connectivity index (χ0n) is 14.3. The number of carboxylic acid groups (broad SMARTS) is 1. The zero-order chi connectivity index (χ0) is 16.7. The molecule has 1 aliphatic carbocycles. The van der Waals surface area contributed by atoms with E-state index >= 15 is 0 Å². The molecule has 1 aromatic rings. The van der Waals surface area contributed by atoms with Crippen LogP contribution in [0.25, 0.3) is 0 Å². The van der Waals surface area contributed by atoms with Crippen LogP contribution in [0.15, 0.2) is 0 Å². The summed E-state index contributed by atoms with van der Waals surface area (Å²) in [6.07, 6.45) is 7.08. The molecule has 1 saturated carbocycles. The largest absolute Gasteiger partial charge is 0.483 e.